The van der Waals surface area contributed by atoms with Crippen LogP contribution in [0, 0.1) is 17.0 Å². The molecule has 0 aliphatic carbocycles. The minimum Gasteiger partial charge on any atom is -0.311 e. The number of thiazole rings is 1. The van der Waals surface area contributed by atoms with Crippen molar-refractivity contribution in [3.05, 3.63) is 92.6 Å². The maximum atomic E-state index is 12.3. The number of carbonyl (C=O) groups is 1. The van der Waals surface area contributed by atoms with E-state index < -0.39 is 10.8 Å². The largest absolute Gasteiger partial charge is 0.311 e. The lowest BCUT2D eigenvalue weighted by molar-refractivity contribution is -0.384. The Morgan fingerprint density at radius 3 is 2.48 bits per heavy atom. The van der Waals surface area contributed by atoms with Gasteiger partial charge in [0, 0.05) is 29.6 Å². The number of hydrogen-bond acceptors (Lipinski definition) is 5. The van der Waals surface area contributed by atoms with Crippen molar-refractivity contribution < 1.29 is 9.72 Å². The average Bonchev–Trinajstić information content (AvgIpc) is 3.09. The Morgan fingerprint density at radius 1 is 1.24 bits per heavy atom. The van der Waals surface area contributed by atoms with Gasteiger partial charge in [0.2, 0.25) is 4.80 Å². The molecule has 1 N–H and O–H groups in total. The summed E-state index contributed by atoms with van der Waals surface area (Å²) < 4.78 is 1.96. The zero-order valence-electron chi connectivity index (χ0n) is 15.6. The second-order valence-corrected chi connectivity index (χ2v) is 6.86. The van der Waals surface area contributed by atoms with E-state index in [1.54, 1.807) is 6.08 Å². The summed E-state index contributed by atoms with van der Waals surface area (Å²) in [6.07, 6.45) is 1.77. The number of aryl methyl sites for hydroxylation is 1. The van der Waals surface area contributed by atoms with Crippen molar-refractivity contribution in [1.82, 2.24) is 9.99 Å². The molecule has 2 aromatic carbocycles. The average molecular weight is 475 g/mol. The molecular weight excluding hydrogens is 456 g/mol. The Morgan fingerprint density at radius 2 is 1.90 bits per heavy atom. The molecule has 3 rings (SSSR count). The number of hydrogen-bond donors (Lipinski definition) is 1. The Balaban J connectivity index is 0.00000300. The van der Waals surface area contributed by atoms with E-state index in [0.29, 0.717) is 16.9 Å². The highest BCUT2D eigenvalue weighted by Crippen LogP contribution is 2.20. The number of aromatic nitrogens is 1. The molecule has 0 spiro atoms. The fraction of sp³-hybridized carbons (Fsp3) is 0.100. The molecule has 0 aliphatic rings. The number of non-ortho nitro benzene ring substituents is 1. The van der Waals surface area contributed by atoms with Gasteiger partial charge in [-0.15, -0.1) is 40.0 Å². The molecule has 3 aromatic rings. The third-order valence-electron chi connectivity index (χ3n) is 4.05. The molecule has 0 radical (unpaired) electrons. The van der Waals surface area contributed by atoms with Gasteiger partial charge in [-0.1, -0.05) is 35.9 Å². The summed E-state index contributed by atoms with van der Waals surface area (Å²) in [6.45, 7) is 6.36. The lowest BCUT2D eigenvalue weighted by atomic mass is 10.1. The normalized spacial score (nSPS) is 10.9. The number of nitrogens with zero attached hydrogens (tertiary/aromatic N) is 3. The van der Waals surface area contributed by atoms with Crippen LogP contribution in [0.15, 0.2) is 71.7 Å². The minimum absolute atomic E-state index is 0. The van der Waals surface area contributed by atoms with Crippen LogP contribution in [0.4, 0.5) is 5.69 Å². The Kier molecular flexibility index (Phi) is 7.63. The van der Waals surface area contributed by atoms with Gasteiger partial charge >= 0.3 is 0 Å². The van der Waals surface area contributed by atoms with Crippen molar-refractivity contribution in [3.8, 4) is 11.3 Å². The quantitative estimate of drug-likeness (QED) is 0.325. The minimum atomic E-state index is -0.511. The number of benzene rings is 2. The summed E-state index contributed by atoms with van der Waals surface area (Å²) in [7, 11) is 0. The summed E-state index contributed by atoms with van der Waals surface area (Å²) in [5.74, 6) is -0.440. The molecule has 0 saturated heterocycles. The van der Waals surface area contributed by atoms with Crippen molar-refractivity contribution in [2.45, 2.75) is 13.5 Å². The molecule has 0 bridgehead atoms. The lowest BCUT2D eigenvalue weighted by Crippen LogP contribution is -2.24. The summed E-state index contributed by atoms with van der Waals surface area (Å²) in [4.78, 5) is 23.1. The van der Waals surface area contributed by atoms with Crippen LogP contribution >= 0.6 is 28.3 Å². The van der Waals surface area contributed by atoms with Crippen LogP contribution in [0.1, 0.15) is 15.9 Å². The molecule has 1 aromatic heterocycles. The molecular formula is C20H19BrN4O3S. The van der Waals surface area contributed by atoms with Crippen molar-refractivity contribution in [2.24, 2.45) is 5.10 Å². The van der Waals surface area contributed by atoms with Crippen LogP contribution in [-0.4, -0.2) is 15.4 Å². The van der Waals surface area contributed by atoms with Gasteiger partial charge in [0.15, 0.2) is 0 Å². The van der Waals surface area contributed by atoms with E-state index in [9.17, 15) is 14.9 Å². The first-order valence-corrected chi connectivity index (χ1v) is 9.32. The highest BCUT2D eigenvalue weighted by Gasteiger charge is 2.10. The van der Waals surface area contributed by atoms with E-state index in [4.69, 9.17) is 0 Å². The summed E-state index contributed by atoms with van der Waals surface area (Å²) in [5, 5.41) is 16.9. The topological polar surface area (TPSA) is 89.5 Å². The van der Waals surface area contributed by atoms with E-state index in [0.717, 1.165) is 11.3 Å². The molecule has 0 saturated carbocycles. The SMILES string of the molecule is Br.C=CCn1c(-c2ccc(C)cc2)cs/c1=N/NC(=O)c1ccc([N+](=O)[O-])cc1. The van der Waals surface area contributed by atoms with Crippen molar-refractivity contribution in [1.29, 1.82) is 0 Å². The van der Waals surface area contributed by atoms with Crippen molar-refractivity contribution >= 4 is 39.9 Å². The first-order chi connectivity index (χ1) is 13.5. The molecule has 0 aliphatic heterocycles. The van der Waals surface area contributed by atoms with Crippen LogP contribution in [-0.2, 0) is 6.54 Å². The number of allylic oxidation sites excluding steroid dienone is 1. The number of nitro benzene ring substituents is 1. The number of rotatable bonds is 6. The highest BCUT2D eigenvalue weighted by atomic mass is 79.9. The smallest absolute Gasteiger partial charge is 0.271 e. The van der Waals surface area contributed by atoms with Crippen LogP contribution in [0.2, 0.25) is 0 Å². The monoisotopic (exact) mass is 474 g/mol. The van der Waals surface area contributed by atoms with Gasteiger partial charge in [-0.2, -0.15) is 0 Å². The van der Waals surface area contributed by atoms with E-state index in [-0.39, 0.29) is 22.7 Å². The third kappa shape index (κ3) is 5.27. The van der Waals surface area contributed by atoms with E-state index in [2.05, 4.69) is 17.1 Å². The fourth-order valence-electron chi connectivity index (χ4n) is 2.58. The summed E-state index contributed by atoms with van der Waals surface area (Å²) in [5.41, 5.74) is 5.93. The number of nitro groups is 1. The highest BCUT2D eigenvalue weighted by molar-refractivity contribution is 8.93. The second kappa shape index (κ2) is 9.94. The number of nitrogens with one attached hydrogen (secondary N) is 1. The van der Waals surface area contributed by atoms with Gasteiger partial charge in [-0.3, -0.25) is 14.9 Å². The number of halogens is 1. The maximum Gasteiger partial charge on any atom is 0.271 e. The first-order valence-electron chi connectivity index (χ1n) is 8.44. The molecule has 150 valence electrons. The molecule has 1 heterocycles. The van der Waals surface area contributed by atoms with Crippen LogP contribution in [0.25, 0.3) is 11.3 Å². The lowest BCUT2D eigenvalue weighted by Gasteiger charge is -2.07. The molecule has 7 nitrogen and oxygen atoms in total. The first kappa shape index (κ1) is 22.3. The summed E-state index contributed by atoms with van der Waals surface area (Å²) >= 11 is 1.40. The van der Waals surface area contributed by atoms with Gasteiger partial charge < -0.3 is 4.57 Å². The zero-order chi connectivity index (χ0) is 20.1. The molecule has 0 unspecified atom stereocenters. The molecule has 29 heavy (non-hydrogen) atoms. The van der Waals surface area contributed by atoms with Gasteiger partial charge in [-0.25, -0.2) is 5.43 Å². The van der Waals surface area contributed by atoms with Crippen molar-refractivity contribution in [3.63, 3.8) is 0 Å². The number of amides is 1. The maximum absolute atomic E-state index is 12.3. The van der Waals surface area contributed by atoms with E-state index >= 15 is 0 Å². The van der Waals surface area contributed by atoms with Crippen LogP contribution in [0.5, 0.6) is 0 Å². The van der Waals surface area contributed by atoms with Gasteiger partial charge in [0.25, 0.3) is 11.6 Å². The number of carbonyl (C=O) groups excluding carboxylic acids is 1. The molecule has 0 fully saturated rings. The van der Waals surface area contributed by atoms with E-state index in [1.165, 1.54) is 41.2 Å². The molecule has 0 atom stereocenters. The molecule has 9 heteroatoms. The molecule has 1 amide bonds. The Hall–Kier alpha value is -3.04. The van der Waals surface area contributed by atoms with E-state index in [1.807, 2.05) is 41.1 Å². The standard InChI is InChI=1S/C20H18N4O3S.BrH/c1-3-12-23-18(15-6-4-14(2)5-7-15)13-28-20(23)22-21-19(25)16-8-10-17(11-9-16)24(26)27;/h3-11,13H,1,12H2,2H3,(H,21,25);1H/b22-20+;. The van der Waals surface area contributed by atoms with Gasteiger partial charge in [0.1, 0.15) is 0 Å². The summed E-state index contributed by atoms with van der Waals surface area (Å²) in [6, 6.07) is 13.5. The van der Waals surface area contributed by atoms with Crippen LogP contribution in [0.3, 0.4) is 0 Å². The van der Waals surface area contributed by atoms with Gasteiger partial charge in [0.05, 0.1) is 10.6 Å². The fourth-order valence-corrected chi connectivity index (χ4v) is 3.46. The van der Waals surface area contributed by atoms with Crippen molar-refractivity contribution in [2.75, 3.05) is 0 Å². The predicted octanol–water partition coefficient (Wildman–Crippen LogP) is 4.44. The Labute approximate surface area is 181 Å². The van der Waals surface area contributed by atoms with Crippen LogP contribution < -0.4 is 10.2 Å². The second-order valence-electron chi connectivity index (χ2n) is 6.03. The Bertz CT molecular complexity index is 1090. The predicted molar refractivity (Wildman–Crippen MR) is 119 cm³/mol. The van der Waals surface area contributed by atoms with Gasteiger partial charge in [-0.05, 0) is 24.6 Å². The zero-order valence-corrected chi connectivity index (χ0v) is 18.1. The third-order valence-corrected chi connectivity index (χ3v) is 4.91.